The molecule has 0 bridgehead atoms. The SMILES string of the molecule is CC(C)OC(=O)NCCNC(=O)CNC(=O)CNC(=O)CNC(C)(C)C. The quantitative estimate of drug-likeness (QED) is 0.307. The minimum absolute atomic E-state index is 0.101. The number of carbonyl (C=O) groups is 4. The molecule has 0 fully saturated rings. The number of carbonyl (C=O) groups excluding carboxylic acids is 4. The Bertz CT molecular complexity index is 488. The number of amides is 4. The van der Waals surface area contributed by atoms with E-state index in [1.54, 1.807) is 13.8 Å². The van der Waals surface area contributed by atoms with Gasteiger partial charge in [-0.05, 0) is 34.6 Å². The first-order valence-electron chi connectivity index (χ1n) is 8.49. The van der Waals surface area contributed by atoms with Crippen molar-refractivity contribution in [1.82, 2.24) is 26.6 Å². The van der Waals surface area contributed by atoms with Gasteiger partial charge in [0.1, 0.15) is 0 Å². The zero-order valence-corrected chi connectivity index (χ0v) is 16.2. The number of rotatable bonds is 10. The van der Waals surface area contributed by atoms with E-state index in [0.29, 0.717) is 0 Å². The minimum atomic E-state index is -0.556. The van der Waals surface area contributed by atoms with Crippen molar-refractivity contribution in [3.8, 4) is 0 Å². The second-order valence-corrected chi connectivity index (χ2v) is 6.89. The van der Waals surface area contributed by atoms with E-state index in [4.69, 9.17) is 4.74 Å². The molecule has 5 N–H and O–H groups in total. The van der Waals surface area contributed by atoms with Crippen LogP contribution in [-0.2, 0) is 19.1 Å². The van der Waals surface area contributed by atoms with Crippen LogP contribution in [0.25, 0.3) is 0 Å². The molecule has 10 heteroatoms. The van der Waals surface area contributed by atoms with Crippen LogP contribution in [0.4, 0.5) is 4.79 Å². The molecule has 4 amide bonds. The molecule has 0 aliphatic carbocycles. The molecule has 0 unspecified atom stereocenters. The van der Waals surface area contributed by atoms with E-state index in [0.717, 1.165) is 0 Å². The molecule has 26 heavy (non-hydrogen) atoms. The van der Waals surface area contributed by atoms with Gasteiger partial charge in [-0.3, -0.25) is 14.4 Å². The summed E-state index contributed by atoms with van der Waals surface area (Å²) >= 11 is 0. The van der Waals surface area contributed by atoms with Crippen LogP contribution in [0.3, 0.4) is 0 Å². The molecule has 0 saturated heterocycles. The second-order valence-electron chi connectivity index (χ2n) is 6.89. The summed E-state index contributed by atoms with van der Waals surface area (Å²) in [5.41, 5.74) is -0.196. The maximum Gasteiger partial charge on any atom is 0.407 e. The molecule has 0 radical (unpaired) electrons. The molecule has 0 aromatic rings. The highest BCUT2D eigenvalue weighted by molar-refractivity contribution is 5.88. The van der Waals surface area contributed by atoms with Gasteiger partial charge in [0.15, 0.2) is 0 Å². The number of hydrogen-bond donors (Lipinski definition) is 5. The standard InChI is InChI=1S/C16H31N5O5/c1-11(2)26-15(25)18-7-6-17-12(22)8-19-13(23)9-20-14(24)10-21-16(3,4)5/h11,21H,6-10H2,1-5H3,(H,17,22)(H,18,25)(H,19,23)(H,20,24). The van der Waals surface area contributed by atoms with Gasteiger partial charge in [0, 0.05) is 18.6 Å². The predicted octanol–water partition coefficient (Wildman–Crippen LogP) is -1.14. The van der Waals surface area contributed by atoms with E-state index in [1.807, 2.05) is 20.8 Å². The van der Waals surface area contributed by atoms with Gasteiger partial charge in [-0.15, -0.1) is 0 Å². The summed E-state index contributed by atoms with van der Waals surface area (Å²) in [4.78, 5) is 45.9. The maximum absolute atomic E-state index is 11.6. The maximum atomic E-state index is 11.6. The van der Waals surface area contributed by atoms with Crippen molar-refractivity contribution in [2.45, 2.75) is 46.3 Å². The molecule has 0 heterocycles. The van der Waals surface area contributed by atoms with Crippen LogP contribution in [0, 0.1) is 0 Å². The molecule has 0 rings (SSSR count). The van der Waals surface area contributed by atoms with E-state index >= 15 is 0 Å². The molecule has 0 spiro atoms. The van der Waals surface area contributed by atoms with E-state index in [2.05, 4.69) is 26.6 Å². The van der Waals surface area contributed by atoms with Crippen molar-refractivity contribution in [3.05, 3.63) is 0 Å². The molecular weight excluding hydrogens is 342 g/mol. The highest BCUT2D eigenvalue weighted by Crippen LogP contribution is 1.96. The average molecular weight is 373 g/mol. The summed E-state index contributed by atoms with van der Waals surface area (Å²) in [6, 6.07) is 0. The third-order valence-electron chi connectivity index (χ3n) is 2.73. The Morgan fingerprint density at radius 3 is 1.73 bits per heavy atom. The summed E-state index contributed by atoms with van der Waals surface area (Å²) in [7, 11) is 0. The summed E-state index contributed by atoms with van der Waals surface area (Å²) in [6.45, 7) is 9.33. The van der Waals surface area contributed by atoms with Gasteiger partial charge in [0.05, 0.1) is 25.7 Å². The molecule has 0 saturated carbocycles. The highest BCUT2D eigenvalue weighted by atomic mass is 16.6. The molecular formula is C16H31N5O5. The van der Waals surface area contributed by atoms with Crippen LogP contribution in [0.5, 0.6) is 0 Å². The van der Waals surface area contributed by atoms with Crippen LogP contribution in [0.2, 0.25) is 0 Å². The lowest BCUT2D eigenvalue weighted by molar-refractivity contribution is -0.127. The van der Waals surface area contributed by atoms with Gasteiger partial charge in [0.2, 0.25) is 17.7 Å². The van der Waals surface area contributed by atoms with E-state index in [1.165, 1.54) is 0 Å². The average Bonchev–Trinajstić information content (AvgIpc) is 2.51. The summed E-state index contributed by atoms with van der Waals surface area (Å²) in [6.07, 6.45) is -0.774. The fraction of sp³-hybridized carbons (Fsp3) is 0.750. The van der Waals surface area contributed by atoms with E-state index in [-0.39, 0.29) is 50.3 Å². The Labute approximate surface area is 154 Å². The summed E-state index contributed by atoms with van der Waals surface area (Å²) < 4.78 is 4.86. The number of nitrogens with one attached hydrogen (secondary N) is 5. The van der Waals surface area contributed by atoms with Crippen molar-refractivity contribution < 1.29 is 23.9 Å². The molecule has 0 aromatic heterocycles. The monoisotopic (exact) mass is 373 g/mol. The van der Waals surface area contributed by atoms with Crippen LogP contribution >= 0.6 is 0 Å². The van der Waals surface area contributed by atoms with Gasteiger partial charge < -0.3 is 31.3 Å². The fourth-order valence-electron chi connectivity index (χ4n) is 1.51. The Kier molecular flexibility index (Phi) is 11.0. The lowest BCUT2D eigenvalue weighted by Crippen LogP contribution is -2.47. The molecule has 0 aliphatic heterocycles. The number of hydrogen-bond acceptors (Lipinski definition) is 6. The minimum Gasteiger partial charge on any atom is -0.447 e. The van der Waals surface area contributed by atoms with Crippen LogP contribution in [0.15, 0.2) is 0 Å². The molecule has 0 aromatic carbocycles. The topological polar surface area (TPSA) is 138 Å². The fourth-order valence-corrected chi connectivity index (χ4v) is 1.51. The lowest BCUT2D eigenvalue weighted by Gasteiger charge is -2.19. The Balaban J connectivity index is 3.74. The predicted molar refractivity (Wildman–Crippen MR) is 96.4 cm³/mol. The largest absolute Gasteiger partial charge is 0.447 e. The lowest BCUT2D eigenvalue weighted by atomic mass is 10.1. The number of ether oxygens (including phenoxy) is 1. The Morgan fingerprint density at radius 2 is 1.23 bits per heavy atom. The van der Waals surface area contributed by atoms with Gasteiger partial charge in [-0.1, -0.05) is 0 Å². The zero-order valence-electron chi connectivity index (χ0n) is 16.2. The Hall–Kier alpha value is -2.36. The summed E-state index contributed by atoms with van der Waals surface area (Å²) in [5, 5.41) is 12.8. The molecule has 0 atom stereocenters. The number of alkyl carbamates (subject to hydrolysis) is 1. The zero-order chi connectivity index (χ0) is 20.2. The Morgan fingerprint density at radius 1 is 0.769 bits per heavy atom. The molecule has 10 nitrogen and oxygen atoms in total. The smallest absolute Gasteiger partial charge is 0.407 e. The van der Waals surface area contributed by atoms with Gasteiger partial charge in [-0.25, -0.2) is 4.79 Å². The first kappa shape index (κ1) is 23.6. The first-order valence-corrected chi connectivity index (χ1v) is 8.49. The van der Waals surface area contributed by atoms with Crippen molar-refractivity contribution in [2.75, 3.05) is 32.7 Å². The van der Waals surface area contributed by atoms with Crippen LogP contribution in [-0.4, -0.2) is 68.2 Å². The summed E-state index contributed by atoms with van der Waals surface area (Å²) in [5.74, 6) is -1.18. The van der Waals surface area contributed by atoms with Gasteiger partial charge >= 0.3 is 6.09 Å². The third kappa shape index (κ3) is 15.2. The van der Waals surface area contributed by atoms with Gasteiger partial charge in [0.25, 0.3) is 0 Å². The van der Waals surface area contributed by atoms with Crippen LogP contribution in [0.1, 0.15) is 34.6 Å². The van der Waals surface area contributed by atoms with E-state index in [9.17, 15) is 19.2 Å². The third-order valence-corrected chi connectivity index (χ3v) is 2.73. The molecule has 0 aliphatic rings. The highest BCUT2D eigenvalue weighted by Gasteiger charge is 2.12. The molecule has 150 valence electrons. The second kappa shape index (κ2) is 12.1. The van der Waals surface area contributed by atoms with Crippen molar-refractivity contribution in [1.29, 1.82) is 0 Å². The normalized spacial score (nSPS) is 10.8. The van der Waals surface area contributed by atoms with Gasteiger partial charge in [-0.2, -0.15) is 0 Å². The van der Waals surface area contributed by atoms with Crippen LogP contribution < -0.4 is 26.6 Å². The van der Waals surface area contributed by atoms with Crippen molar-refractivity contribution >= 4 is 23.8 Å². The first-order chi connectivity index (χ1) is 12.0. The van der Waals surface area contributed by atoms with Crippen molar-refractivity contribution in [3.63, 3.8) is 0 Å². The van der Waals surface area contributed by atoms with Crippen molar-refractivity contribution in [2.24, 2.45) is 0 Å². The van der Waals surface area contributed by atoms with E-state index < -0.39 is 17.9 Å².